The van der Waals surface area contributed by atoms with Gasteiger partial charge < -0.3 is 15.0 Å². The number of rotatable bonds is 4. The van der Waals surface area contributed by atoms with Crippen LogP contribution in [0.1, 0.15) is 18.9 Å². The van der Waals surface area contributed by atoms with Gasteiger partial charge in [0.25, 0.3) is 5.91 Å². The SMILES string of the molecule is C[C@@H]1Cc2ccccc2N1C(=O)COC(=O)C[C@H]1Sc2ccccc2NC1=O. The third kappa shape index (κ3) is 3.62. The lowest BCUT2D eigenvalue weighted by Gasteiger charge is -2.24. The summed E-state index contributed by atoms with van der Waals surface area (Å²) in [5, 5.41) is 2.23. The van der Waals surface area contributed by atoms with Crippen LogP contribution in [0.15, 0.2) is 53.4 Å². The van der Waals surface area contributed by atoms with Gasteiger partial charge >= 0.3 is 5.97 Å². The maximum atomic E-state index is 12.6. The number of anilines is 2. The van der Waals surface area contributed by atoms with Crippen molar-refractivity contribution in [1.82, 2.24) is 0 Å². The van der Waals surface area contributed by atoms with Crippen molar-refractivity contribution < 1.29 is 19.1 Å². The Morgan fingerprint density at radius 2 is 1.93 bits per heavy atom. The summed E-state index contributed by atoms with van der Waals surface area (Å²) in [5.41, 5.74) is 2.73. The maximum absolute atomic E-state index is 12.6. The number of nitrogens with zero attached hydrogens (tertiary/aromatic N) is 1. The Labute approximate surface area is 167 Å². The molecule has 0 spiro atoms. The number of fused-ring (bicyclic) bond motifs is 2. The first-order chi connectivity index (χ1) is 13.5. The van der Waals surface area contributed by atoms with Crippen LogP contribution >= 0.6 is 11.8 Å². The Balaban J connectivity index is 1.34. The summed E-state index contributed by atoms with van der Waals surface area (Å²) in [6, 6.07) is 15.2. The number of carbonyl (C=O) groups is 3. The second-order valence-corrected chi connectivity index (χ2v) is 8.15. The predicted molar refractivity (Wildman–Crippen MR) is 107 cm³/mol. The molecule has 0 radical (unpaired) electrons. The Kier molecular flexibility index (Phi) is 5.09. The predicted octanol–water partition coefficient (Wildman–Crippen LogP) is 3.01. The van der Waals surface area contributed by atoms with Crippen molar-refractivity contribution in [2.45, 2.75) is 36.0 Å². The normalized spacial score (nSPS) is 20.2. The number of ether oxygens (including phenoxy) is 1. The van der Waals surface area contributed by atoms with Crippen molar-refractivity contribution in [1.29, 1.82) is 0 Å². The van der Waals surface area contributed by atoms with Crippen LogP contribution in [0.3, 0.4) is 0 Å². The molecule has 2 heterocycles. The molecule has 0 saturated carbocycles. The summed E-state index contributed by atoms with van der Waals surface area (Å²) in [4.78, 5) is 39.6. The monoisotopic (exact) mass is 396 g/mol. The third-order valence-corrected chi connectivity index (χ3v) is 6.17. The number of esters is 1. The zero-order valence-corrected chi connectivity index (χ0v) is 16.2. The fraction of sp³-hybridized carbons (Fsp3) is 0.286. The van der Waals surface area contributed by atoms with Crippen molar-refractivity contribution in [2.24, 2.45) is 0 Å². The number of amides is 2. The molecule has 4 rings (SSSR count). The Bertz CT molecular complexity index is 946. The molecule has 1 N–H and O–H groups in total. The number of nitrogens with one attached hydrogen (secondary N) is 1. The molecule has 2 aliphatic rings. The van der Waals surface area contributed by atoms with E-state index in [1.54, 1.807) is 4.90 Å². The highest BCUT2D eigenvalue weighted by atomic mass is 32.2. The molecule has 2 atom stereocenters. The molecule has 6 nitrogen and oxygen atoms in total. The van der Waals surface area contributed by atoms with Crippen LogP contribution in [-0.4, -0.2) is 35.7 Å². The number of carbonyl (C=O) groups excluding carboxylic acids is 3. The van der Waals surface area contributed by atoms with Gasteiger partial charge in [0.05, 0.1) is 17.4 Å². The summed E-state index contributed by atoms with van der Waals surface area (Å²) >= 11 is 1.34. The number of hydrogen-bond acceptors (Lipinski definition) is 5. The van der Waals surface area contributed by atoms with E-state index < -0.39 is 11.2 Å². The quantitative estimate of drug-likeness (QED) is 0.804. The van der Waals surface area contributed by atoms with E-state index in [0.29, 0.717) is 0 Å². The Morgan fingerprint density at radius 3 is 2.79 bits per heavy atom. The Morgan fingerprint density at radius 1 is 1.18 bits per heavy atom. The van der Waals surface area contributed by atoms with Gasteiger partial charge in [-0.1, -0.05) is 30.3 Å². The van der Waals surface area contributed by atoms with Crippen molar-refractivity contribution in [3.8, 4) is 0 Å². The maximum Gasteiger partial charge on any atom is 0.307 e. The van der Waals surface area contributed by atoms with E-state index in [4.69, 9.17) is 4.74 Å². The van der Waals surface area contributed by atoms with Crippen LogP contribution in [0.25, 0.3) is 0 Å². The molecule has 0 aromatic heterocycles. The molecule has 0 aliphatic carbocycles. The van der Waals surface area contributed by atoms with E-state index >= 15 is 0 Å². The largest absolute Gasteiger partial charge is 0.456 e. The van der Waals surface area contributed by atoms with E-state index in [0.717, 1.165) is 28.3 Å². The molecule has 0 saturated heterocycles. The van der Waals surface area contributed by atoms with E-state index in [9.17, 15) is 14.4 Å². The topological polar surface area (TPSA) is 75.7 Å². The van der Waals surface area contributed by atoms with Gasteiger partial charge in [-0.15, -0.1) is 11.8 Å². The lowest BCUT2D eigenvalue weighted by molar-refractivity contribution is -0.148. The third-order valence-electron chi connectivity index (χ3n) is 4.89. The standard InChI is InChI=1S/C21H20N2O4S/c1-13-10-14-6-2-4-8-16(14)23(13)19(24)12-27-20(25)11-18-21(26)22-15-7-3-5-9-17(15)28-18/h2-9,13,18H,10-12H2,1H3,(H,22,26)/t13-,18-/m1/s1. The van der Waals surface area contributed by atoms with Gasteiger partial charge in [0.2, 0.25) is 5.91 Å². The highest BCUT2D eigenvalue weighted by molar-refractivity contribution is 8.01. The highest BCUT2D eigenvalue weighted by Gasteiger charge is 2.32. The average molecular weight is 396 g/mol. The van der Waals surface area contributed by atoms with Crippen LogP contribution in [0, 0.1) is 0 Å². The lowest BCUT2D eigenvalue weighted by atomic mass is 10.1. The van der Waals surface area contributed by atoms with Crippen molar-refractivity contribution in [3.05, 3.63) is 54.1 Å². The summed E-state index contributed by atoms with van der Waals surface area (Å²) in [7, 11) is 0. The van der Waals surface area contributed by atoms with Crippen LogP contribution in [-0.2, 0) is 25.5 Å². The van der Waals surface area contributed by atoms with Gasteiger partial charge in [-0.3, -0.25) is 14.4 Å². The van der Waals surface area contributed by atoms with E-state index in [-0.39, 0.29) is 30.9 Å². The molecule has 0 fully saturated rings. The number of benzene rings is 2. The molecular weight excluding hydrogens is 376 g/mol. The van der Waals surface area contributed by atoms with Crippen molar-refractivity contribution >= 4 is 40.9 Å². The number of hydrogen-bond donors (Lipinski definition) is 1. The van der Waals surface area contributed by atoms with Gasteiger partial charge in [0, 0.05) is 16.6 Å². The fourth-order valence-corrected chi connectivity index (χ4v) is 4.69. The van der Waals surface area contributed by atoms with Crippen LogP contribution in [0.2, 0.25) is 0 Å². The molecule has 0 bridgehead atoms. The second kappa shape index (κ2) is 7.67. The van der Waals surface area contributed by atoms with Gasteiger partial charge in [0.15, 0.2) is 6.61 Å². The molecule has 2 amide bonds. The first-order valence-electron chi connectivity index (χ1n) is 9.15. The van der Waals surface area contributed by atoms with E-state index in [2.05, 4.69) is 5.32 Å². The van der Waals surface area contributed by atoms with Gasteiger partial charge in [-0.25, -0.2) is 0 Å². The first-order valence-corrected chi connectivity index (χ1v) is 10.0. The minimum atomic E-state index is -0.566. The summed E-state index contributed by atoms with van der Waals surface area (Å²) in [6.07, 6.45) is 0.707. The van der Waals surface area contributed by atoms with Crippen molar-refractivity contribution in [3.63, 3.8) is 0 Å². The molecule has 7 heteroatoms. The number of thioether (sulfide) groups is 1. The molecule has 2 aromatic carbocycles. The zero-order valence-electron chi connectivity index (χ0n) is 15.4. The molecule has 2 aliphatic heterocycles. The first kappa shape index (κ1) is 18.6. The number of para-hydroxylation sites is 2. The molecular formula is C21H20N2O4S. The van der Waals surface area contributed by atoms with E-state index in [1.165, 1.54) is 11.8 Å². The average Bonchev–Trinajstić information content (AvgIpc) is 3.02. The van der Waals surface area contributed by atoms with Gasteiger partial charge in [0.1, 0.15) is 0 Å². The zero-order chi connectivity index (χ0) is 19.7. The molecule has 28 heavy (non-hydrogen) atoms. The second-order valence-electron chi connectivity index (χ2n) is 6.90. The smallest absolute Gasteiger partial charge is 0.307 e. The summed E-state index contributed by atoms with van der Waals surface area (Å²) in [5.74, 6) is -1.04. The van der Waals surface area contributed by atoms with Crippen LogP contribution < -0.4 is 10.2 Å². The summed E-state index contributed by atoms with van der Waals surface area (Å²) in [6.45, 7) is 1.65. The minimum Gasteiger partial charge on any atom is -0.456 e. The van der Waals surface area contributed by atoms with Gasteiger partial charge in [-0.05, 0) is 37.1 Å². The molecule has 2 aromatic rings. The van der Waals surface area contributed by atoms with Crippen LogP contribution in [0.5, 0.6) is 0 Å². The highest BCUT2D eigenvalue weighted by Crippen LogP contribution is 2.36. The summed E-state index contributed by atoms with van der Waals surface area (Å²) < 4.78 is 5.20. The van der Waals surface area contributed by atoms with Crippen LogP contribution in [0.4, 0.5) is 11.4 Å². The molecule has 144 valence electrons. The molecule has 0 unspecified atom stereocenters. The van der Waals surface area contributed by atoms with Crippen molar-refractivity contribution in [2.75, 3.05) is 16.8 Å². The minimum absolute atomic E-state index is 0.0276. The van der Waals surface area contributed by atoms with E-state index in [1.807, 2.05) is 55.5 Å². The Hall–Kier alpha value is -2.80. The lowest BCUT2D eigenvalue weighted by Crippen LogP contribution is -2.39. The fourth-order valence-electron chi connectivity index (χ4n) is 3.59. The van der Waals surface area contributed by atoms with Gasteiger partial charge in [-0.2, -0.15) is 0 Å².